The van der Waals surface area contributed by atoms with Gasteiger partial charge in [0, 0.05) is 23.8 Å². The molecule has 0 bridgehead atoms. The molecule has 0 atom stereocenters. The zero-order valence-corrected chi connectivity index (χ0v) is 14.5. The number of benzene rings is 2. The molecular formula is C18H20ClN3O2. The molecule has 0 aliphatic carbocycles. The van der Waals surface area contributed by atoms with Crippen LogP contribution in [-0.4, -0.2) is 31.6 Å². The number of amides is 2. The molecule has 2 aromatic carbocycles. The molecule has 2 N–H and O–H groups in total. The fraction of sp³-hybridized carbons (Fsp3) is 0.278. The van der Waals surface area contributed by atoms with Gasteiger partial charge < -0.3 is 20.3 Å². The summed E-state index contributed by atoms with van der Waals surface area (Å²) in [6.07, 6.45) is 0.919. The van der Waals surface area contributed by atoms with Gasteiger partial charge in [0.15, 0.2) is 0 Å². The number of ether oxygens (including phenoxy) is 1. The van der Waals surface area contributed by atoms with E-state index in [2.05, 4.69) is 28.6 Å². The summed E-state index contributed by atoms with van der Waals surface area (Å²) in [6.45, 7) is 1.88. The summed E-state index contributed by atoms with van der Waals surface area (Å²) in [5, 5.41) is 6.27. The van der Waals surface area contributed by atoms with Crippen LogP contribution in [0.2, 0.25) is 5.02 Å². The first-order valence-corrected chi connectivity index (χ1v) is 8.15. The van der Waals surface area contributed by atoms with Crippen molar-refractivity contribution in [2.75, 3.05) is 31.3 Å². The third-order valence-corrected chi connectivity index (χ3v) is 4.35. The van der Waals surface area contributed by atoms with Crippen LogP contribution in [0.5, 0.6) is 5.75 Å². The quantitative estimate of drug-likeness (QED) is 0.884. The first-order chi connectivity index (χ1) is 11.6. The number of carbonyl (C=O) groups excluding carboxylic acids is 1. The predicted octanol–water partition coefficient (Wildman–Crippen LogP) is 3.98. The van der Waals surface area contributed by atoms with Gasteiger partial charge in [0.05, 0.1) is 12.8 Å². The average molecular weight is 346 g/mol. The Morgan fingerprint density at radius 3 is 2.79 bits per heavy atom. The third kappa shape index (κ3) is 3.63. The highest BCUT2D eigenvalue weighted by Crippen LogP contribution is 2.29. The van der Waals surface area contributed by atoms with E-state index < -0.39 is 0 Å². The van der Waals surface area contributed by atoms with E-state index in [-0.39, 0.29) is 6.03 Å². The molecule has 3 rings (SSSR count). The van der Waals surface area contributed by atoms with Gasteiger partial charge in [-0.15, -0.1) is 0 Å². The van der Waals surface area contributed by atoms with E-state index in [1.165, 1.54) is 11.1 Å². The zero-order chi connectivity index (χ0) is 17.1. The van der Waals surface area contributed by atoms with Gasteiger partial charge in [-0.3, -0.25) is 0 Å². The monoisotopic (exact) mass is 345 g/mol. The summed E-state index contributed by atoms with van der Waals surface area (Å²) in [4.78, 5) is 14.6. The van der Waals surface area contributed by atoms with Crippen LogP contribution < -0.4 is 15.4 Å². The maximum atomic E-state index is 12.4. The second-order valence-corrected chi connectivity index (χ2v) is 6.29. The molecule has 0 spiro atoms. The summed E-state index contributed by atoms with van der Waals surface area (Å²) >= 11 is 5.99. The highest BCUT2D eigenvalue weighted by Gasteiger charge is 2.17. The molecule has 0 saturated heterocycles. The molecule has 0 fully saturated rings. The molecule has 126 valence electrons. The van der Waals surface area contributed by atoms with Gasteiger partial charge in [0.2, 0.25) is 0 Å². The van der Waals surface area contributed by atoms with Crippen molar-refractivity contribution in [1.29, 1.82) is 0 Å². The maximum absolute atomic E-state index is 12.4. The first kappa shape index (κ1) is 16.6. The van der Waals surface area contributed by atoms with E-state index in [9.17, 15) is 4.79 Å². The van der Waals surface area contributed by atoms with Crippen LogP contribution in [-0.2, 0) is 13.0 Å². The molecule has 0 aromatic heterocycles. The van der Waals surface area contributed by atoms with Gasteiger partial charge >= 0.3 is 6.03 Å². The van der Waals surface area contributed by atoms with E-state index in [0.717, 1.165) is 25.2 Å². The van der Waals surface area contributed by atoms with Crippen LogP contribution in [0.25, 0.3) is 0 Å². The van der Waals surface area contributed by atoms with Crippen molar-refractivity contribution in [3.05, 3.63) is 52.5 Å². The number of fused-ring (bicyclic) bond motifs is 1. The minimum atomic E-state index is -0.317. The smallest absolute Gasteiger partial charge is 0.323 e. The molecule has 2 aromatic rings. The van der Waals surface area contributed by atoms with Crippen molar-refractivity contribution in [3.63, 3.8) is 0 Å². The second kappa shape index (κ2) is 7.11. The molecule has 24 heavy (non-hydrogen) atoms. The summed E-state index contributed by atoms with van der Waals surface area (Å²) < 4.78 is 5.25. The van der Waals surface area contributed by atoms with Crippen molar-refractivity contribution in [3.8, 4) is 5.75 Å². The number of halogens is 1. The fourth-order valence-electron chi connectivity index (χ4n) is 2.92. The number of hydrogen-bond donors (Lipinski definition) is 2. The van der Waals surface area contributed by atoms with Crippen LogP contribution in [0.15, 0.2) is 36.4 Å². The van der Waals surface area contributed by atoms with Gasteiger partial charge in [0.1, 0.15) is 5.75 Å². The zero-order valence-electron chi connectivity index (χ0n) is 13.7. The number of likely N-dealkylation sites (N-methyl/N-ethyl adjacent to an activating group) is 1. The Kier molecular flexibility index (Phi) is 4.92. The molecule has 5 nitrogen and oxygen atoms in total. The van der Waals surface area contributed by atoms with E-state index in [1.54, 1.807) is 25.3 Å². The van der Waals surface area contributed by atoms with Gasteiger partial charge in [-0.05, 0) is 48.9 Å². The molecule has 1 aliphatic heterocycles. The molecule has 6 heteroatoms. The van der Waals surface area contributed by atoms with Crippen molar-refractivity contribution < 1.29 is 9.53 Å². The fourth-order valence-corrected chi connectivity index (χ4v) is 3.09. The van der Waals surface area contributed by atoms with Crippen LogP contribution in [0, 0.1) is 0 Å². The lowest BCUT2D eigenvalue weighted by molar-refractivity contribution is 0.262. The van der Waals surface area contributed by atoms with Crippen LogP contribution in [0.4, 0.5) is 16.2 Å². The van der Waals surface area contributed by atoms with Gasteiger partial charge in [0.25, 0.3) is 0 Å². The average Bonchev–Trinajstić information content (AvgIpc) is 2.55. The van der Waals surface area contributed by atoms with Crippen LogP contribution in [0.1, 0.15) is 11.1 Å². The number of rotatable bonds is 3. The summed E-state index contributed by atoms with van der Waals surface area (Å²) in [5.74, 6) is 0.561. The number of nitrogens with zero attached hydrogens (tertiary/aromatic N) is 1. The van der Waals surface area contributed by atoms with E-state index in [1.807, 2.05) is 12.1 Å². The molecule has 1 heterocycles. The number of urea groups is 1. The number of carbonyl (C=O) groups is 1. The molecular weight excluding hydrogens is 326 g/mol. The van der Waals surface area contributed by atoms with Crippen molar-refractivity contribution in [1.82, 2.24) is 4.90 Å². The summed E-state index contributed by atoms with van der Waals surface area (Å²) in [7, 11) is 3.65. The van der Waals surface area contributed by atoms with Crippen molar-refractivity contribution >= 4 is 29.0 Å². The molecule has 0 radical (unpaired) electrons. The van der Waals surface area contributed by atoms with Gasteiger partial charge in [-0.25, -0.2) is 4.79 Å². The Bertz CT molecular complexity index is 764. The van der Waals surface area contributed by atoms with E-state index in [4.69, 9.17) is 16.3 Å². The lowest BCUT2D eigenvalue weighted by Crippen LogP contribution is -2.28. The van der Waals surface area contributed by atoms with Crippen molar-refractivity contribution in [2.24, 2.45) is 0 Å². The predicted molar refractivity (Wildman–Crippen MR) is 97.1 cm³/mol. The number of anilines is 2. The SMILES string of the molecule is COc1ccc(Cl)cc1NC(=O)Nc1cccc2c1CCN(C)C2. The Morgan fingerprint density at radius 2 is 2.00 bits per heavy atom. The molecule has 0 unspecified atom stereocenters. The Labute approximate surface area is 146 Å². The standard InChI is InChI=1S/C18H20ClN3O2/c1-22-9-8-14-12(11-22)4-3-5-15(14)20-18(23)21-16-10-13(19)6-7-17(16)24-2/h3-7,10H,8-9,11H2,1-2H3,(H2,20,21,23). The van der Waals surface area contributed by atoms with E-state index in [0.29, 0.717) is 16.5 Å². The minimum absolute atomic E-state index is 0.317. The second-order valence-electron chi connectivity index (χ2n) is 5.85. The number of hydrogen-bond acceptors (Lipinski definition) is 3. The first-order valence-electron chi connectivity index (χ1n) is 7.77. The largest absolute Gasteiger partial charge is 0.495 e. The van der Waals surface area contributed by atoms with E-state index >= 15 is 0 Å². The molecule has 2 amide bonds. The van der Waals surface area contributed by atoms with Gasteiger partial charge in [-0.2, -0.15) is 0 Å². The topological polar surface area (TPSA) is 53.6 Å². The lowest BCUT2D eigenvalue weighted by atomic mass is 9.98. The normalized spacial score (nSPS) is 14.0. The molecule has 1 aliphatic rings. The number of nitrogens with one attached hydrogen (secondary N) is 2. The van der Waals surface area contributed by atoms with Gasteiger partial charge in [-0.1, -0.05) is 23.7 Å². The Hall–Kier alpha value is -2.24. The summed E-state index contributed by atoms with van der Waals surface area (Å²) in [5.41, 5.74) is 3.83. The Morgan fingerprint density at radius 1 is 1.21 bits per heavy atom. The lowest BCUT2D eigenvalue weighted by Gasteiger charge is -2.26. The summed E-state index contributed by atoms with van der Waals surface area (Å²) in [6, 6.07) is 10.8. The Balaban J connectivity index is 1.77. The van der Waals surface area contributed by atoms with Crippen LogP contribution in [0.3, 0.4) is 0 Å². The maximum Gasteiger partial charge on any atom is 0.323 e. The highest BCUT2D eigenvalue weighted by atomic mass is 35.5. The third-order valence-electron chi connectivity index (χ3n) is 4.11. The van der Waals surface area contributed by atoms with Crippen molar-refractivity contribution in [2.45, 2.75) is 13.0 Å². The minimum Gasteiger partial charge on any atom is -0.495 e. The highest BCUT2D eigenvalue weighted by molar-refractivity contribution is 6.31. The molecule has 0 saturated carbocycles. The van der Waals surface area contributed by atoms with Crippen LogP contribution >= 0.6 is 11.6 Å². The number of methoxy groups -OCH3 is 1.